The summed E-state index contributed by atoms with van der Waals surface area (Å²) in [6.45, 7) is 1.97. The van der Waals surface area contributed by atoms with E-state index < -0.39 is 0 Å². The van der Waals surface area contributed by atoms with Gasteiger partial charge in [-0.3, -0.25) is 4.90 Å². The molecule has 3 atom stereocenters. The van der Waals surface area contributed by atoms with Crippen LogP contribution in [-0.4, -0.2) is 42.3 Å². The third-order valence-electron chi connectivity index (χ3n) is 5.35. The maximum absolute atomic E-state index is 9.95. The van der Waals surface area contributed by atoms with Gasteiger partial charge in [0.25, 0.3) is 0 Å². The number of hydrogen-bond acceptors (Lipinski definition) is 3. The summed E-state index contributed by atoms with van der Waals surface area (Å²) in [5.74, 6) is 0.412. The summed E-state index contributed by atoms with van der Waals surface area (Å²) in [4.78, 5) is 4.72. The second-order valence-corrected chi connectivity index (χ2v) is 6.95. The first kappa shape index (κ1) is 15.0. The minimum Gasteiger partial charge on any atom is -0.395 e. The summed E-state index contributed by atoms with van der Waals surface area (Å²) in [6, 6.07) is 17.2. The van der Waals surface area contributed by atoms with Gasteiger partial charge in [-0.25, -0.2) is 0 Å². The van der Waals surface area contributed by atoms with Gasteiger partial charge in [0.05, 0.1) is 6.61 Å². The molecule has 1 saturated heterocycles. The normalized spacial score (nSPS) is 26.4. The highest BCUT2D eigenvalue weighted by molar-refractivity contribution is 6.31. The molecule has 1 fully saturated rings. The van der Waals surface area contributed by atoms with Crippen LogP contribution in [0.2, 0.25) is 5.02 Å². The molecule has 2 aromatic carbocycles. The van der Waals surface area contributed by atoms with Crippen LogP contribution >= 0.6 is 11.6 Å². The number of benzene rings is 2. The van der Waals surface area contributed by atoms with Gasteiger partial charge in [0, 0.05) is 48.8 Å². The second-order valence-electron chi connectivity index (χ2n) is 6.55. The Bertz CT molecular complexity index is 720. The Hall–Kier alpha value is -1.55. The highest BCUT2D eigenvalue weighted by Gasteiger charge is 2.51. The first-order chi connectivity index (χ1) is 11.2. The molecular weight excluding hydrogens is 308 g/mol. The number of para-hydroxylation sites is 1. The zero-order valence-electron chi connectivity index (χ0n) is 13.2. The third-order valence-corrected chi connectivity index (χ3v) is 5.72. The van der Waals surface area contributed by atoms with Crippen molar-refractivity contribution in [1.29, 1.82) is 0 Å². The van der Waals surface area contributed by atoms with E-state index in [9.17, 15) is 5.11 Å². The second kappa shape index (κ2) is 5.82. The van der Waals surface area contributed by atoms with E-state index in [1.807, 2.05) is 18.2 Å². The lowest BCUT2D eigenvalue weighted by Crippen LogP contribution is -2.67. The predicted molar refractivity (Wildman–Crippen MR) is 94.1 cm³/mol. The Labute approximate surface area is 142 Å². The minimum absolute atomic E-state index is 0.172. The van der Waals surface area contributed by atoms with Gasteiger partial charge in [-0.2, -0.15) is 0 Å². The van der Waals surface area contributed by atoms with Crippen molar-refractivity contribution in [3.05, 3.63) is 64.7 Å². The molecule has 2 aromatic rings. The van der Waals surface area contributed by atoms with Crippen LogP contribution in [0.25, 0.3) is 0 Å². The van der Waals surface area contributed by atoms with Crippen molar-refractivity contribution in [3.63, 3.8) is 0 Å². The van der Waals surface area contributed by atoms with Gasteiger partial charge in [-0.05, 0) is 23.3 Å². The molecule has 0 saturated carbocycles. The van der Waals surface area contributed by atoms with Gasteiger partial charge in [-0.1, -0.05) is 48.0 Å². The fourth-order valence-corrected chi connectivity index (χ4v) is 4.41. The van der Waals surface area contributed by atoms with Crippen LogP contribution in [0.1, 0.15) is 17.0 Å². The molecule has 0 aliphatic carbocycles. The molecule has 0 aromatic heterocycles. The van der Waals surface area contributed by atoms with E-state index in [2.05, 4.69) is 47.2 Å². The van der Waals surface area contributed by atoms with Crippen molar-refractivity contribution >= 4 is 17.3 Å². The summed E-state index contributed by atoms with van der Waals surface area (Å²) in [6.07, 6.45) is 0. The molecule has 1 N–H and O–H groups in total. The Morgan fingerprint density at radius 3 is 2.65 bits per heavy atom. The van der Waals surface area contributed by atoms with Crippen LogP contribution < -0.4 is 4.90 Å². The number of aliphatic hydroxyl groups excluding tert-OH is 1. The van der Waals surface area contributed by atoms with E-state index in [0.717, 1.165) is 23.7 Å². The number of likely N-dealkylation sites (tertiary alicyclic amines) is 1. The zero-order chi connectivity index (χ0) is 16.0. The lowest BCUT2D eigenvalue weighted by atomic mass is 9.72. The molecule has 0 radical (unpaired) electrons. The van der Waals surface area contributed by atoms with Gasteiger partial charge in [-0.15, -0.1) is 0 Å². The van der Waals surface area contributed by atoms with Crippen LogP contribution in [0.5, 0.6) is 0 Å². The largest absolute Gasteiger partial charge is 0.395 e. The number of fused-ring (bicyclic) bond motifs is 3. The summed E-state index contributed by atoms with van der Waals surface area (Å²) in [5, 5.41) is 10.7. The van der Waals surface area contributed by atoms with E-state index in [1.54, 1.807) is 0 Å². The molecular formula is C19H21ClN2O. The quantitative estimate of drug-likeness (QED) is 0.937. The smallest absolute Gasteiger partial charge is 0.0593 e. The summed E-state index contributed by atoms with van der Waals surface area (Å²) < 4.78 is 0. The predicted octanol–water partition coefficient (Wildman–Crippen LogP) is 3.12. The molecule has 0 bridgehead atoms. The van der Waals surface area contributed by atoms with Gasteiger partial charge < -0.3 is 10.0 Å². The van der Waals surface area contributed by atoms with Gasteiger partial charge >= 0.3 is 0 Å². The van der Waals surface area contributed by atoms with Crippen molar-refractivity contribution in [2.45, 2.75) is 24.5 Å². The molecule has 2 aliphatic rings. The van der Waals surface area contributed by atoms with Crippen molar-refractivity contribution < 1.29 is 5.11 Å². The first-order valence-corrected chi connectivity index (χ1v) is 8.48. The number of rotatable bonds is 3. The van der Waals surface area contributed by atoms with E-state index in [-0.39, 0.29) is 12.6 Å². The van der Waals surface area contributed by atoms with E-state index in [1.165, 1.54) is 11.3 Å². The molecule has 23 heavy (non-hydrogen) atoms. The van der Waals surface area contributed by atoms with Crippen LogP contribution in [0.4, 0.5) is 5.69 Å². The van der Waals surface area contributed by atoms with E-state index in [4.69, 9.17) is 11.6 Å². The average molecular weight is 329 g/mol. The Morgan fingerprint density at radius 2 is 1.87 bits per heavy atom. The van der Waals surface area contributed by atoms with Crippen molar-refractivity contribution in [3.8, 4) is 0 Å². The van der Waals surface area contributed by atoms with Crippen molar-refractivity contribution in [2.75, 3.05) is 25.1 Å². The summed E-state index contributed by atoms with van der Waals surface area (Å²) >= 11 is 6.33. The zero-order valence-corrected chi connectivity index (χ0v) is 13.9. The lowest BCUT2D eigenvalue weighted by molar-refractivity contribution is -0.0489. The average Bonchev–Trinajstić information content (AvgIpc) is 2.56. The van der Waals surface area contributed by atoms with Crippen LogP contribution in [0.3, 0.4) is 0 Å². The first-order valence-electron chi connectivity index (χ1n) is 8.10. The Morgan fingerprint density at radius 1 is 1.13 bits per heavy atom. The molecule has 3 nitrogen and oxygen atoms in total. The van der Waals surface area contributed by atoms with Crippen molar-refractivity contribution in [2.24, 2.45) is 0 Å². The fraction of sp³-hybridized carbons (Fsp3) is 0.368. The maximum atomic E-state index is 9.95. The molecule has 2 aliphatic heterocycles. The number of hydrogen-bond donors (Lipinski definition) is 1. The molecule has 0 spiro atoms. The molecule has 2 heterocycles. The Balaban J connectivity index is 1.64. The topological polar surface area (TPSA) is 26.7 Å². The number of nitrogens with zero attached hydrogens (tertiary/aromatic N) is 2. The minimum atomic E-state index is 0.172. The molecule has 0 amide bonds. The lowest BCUT2D eigenvalue weighted by Gasteiger charge is -2.59. The summed E-state index contributed by atoms with van der Waals surface area (Å²) in [7, 11) is 2.15. The van der Waals surface area contributed by atoms with Crippen LogP contribution in [0, 0.1) is 0 Å². The van der Waals surface area contributed by atoms with Gasteiger partial charge in [0.15, 0.2) is 0 Å². The van der Waals surface area contributed by atoms with Crippen molar-refractivity contribution in [1.82, 2.24) is 4.90 Å². The van der Waals surface area contributed by atoms with Gasteiger partial charge in [0.2, 0.25) is 0 Å². The number of likely N-dealkylation sites (N-methyl/N-ethyl adjacent to an activating group) is 1. The molecule has 4 heteroatoms. The van der Waals surface area contributed by atoms with Crippen LogP contribution in [-0.2, 0) is 6.54 Å². The number of halogens is 1. The summed E-state index contributed by atoms with van der Waals surface area (Å²) in [5.41, 5.74) is 3.79. The SMILES string of the molecule is CN1C[C@H]2[C@@H](c3ccccc31)[C@@H](CO)N2Cc1ccccc1Cl. The van der Waals surface area contributed by atoms with Gasteiger partial charge in [0.1, 0.15) is 0 Å². The molecule has 4 rings (SSSR count). The third kappa shape index (κ3) is 2.35. The monoisotopic (exact) mass is 328 g/mol. The molecule has 120 valence electrons. The highest BCUT2D eigenvalue weighted by atomic mass is 35.5. The highest BCUT2D eigenvalue weighted by Crippen LogP contribution is 2.48. The molecule has 0 unspecified atom stereocenters. The standard InChI is InChI=1S/C19H21ClN2O/c1-21-11-17-19(14-7-3-5-9-16(14)21)18(12-23)22(17)10-13-6-2-4-8-15(13)20/h2-9,17-19,23H,10-12H2,1H3/t17-,18+,19+/m0/s1. The maximum Gasteiger partial charge on any atom is 0.0593 e. The number of anilines is 1. The Kier molecular flexibility index (Phi) is 3.80. The van der Waals surface area contributed by atoms with E-state index in [0.29, 0.717) is 12.0 Å². The van der Waals surface area contributed by atoms with Crippen LogP contribution in [0.15, 0.2) is 48.5 Å². The fourth-order valence-electron chi connectivity index (χ4n) is 4.22. The van der Waals surface area contributed by atoms with E-state index >= 15 is 0 Å². The number of aliphatic hydroxyl groups is 1.